The SMILES string of the molecule is COc1cc(NC(=O)c2sccc2S(=O)(=O)Nc2onc(C)c2Cl)c(C(C)=O)cc1OC. The second-order valence-electron chi connectivity index (χ2n) is 6.39. The van der Waals surface area contributed by atoms with Crippen LogP contribution in [0.3, 0.4) is 0 Å². The Balaban J connectivity index is 1.95. The number of carbonyl (C=O) groups is 2. The van der Waals surface area contributed by atoms with Gasteiger partial charge in [-0.15, -0.1) is 11.3 Å². The van der Waals surface area contributed by atoms with Gasteiger partial charge in [0, 0.05) is 11.6 Å². The number of halogens is 1. The molecule has 2 N–H and O–H groups in total. The summed E-state index contributed by atoms with van der Waals surface area (Å²) in [6.45, 7) is 2.87. The predicted octanol–water partition coefficient (Wildman–Crippen LogP) is 3.97. The Bertz CT molecular complexity index is 1300. The van der Waals surface area contributed by atoms with Gasteiger partial charge in [0.05, 0.1) is 19.9 Å². The first kappa shape index (κ1) is 23.6. The molecule has 170 valence electrons. The minimum atomic E-state index is -4.23. The van der Waals surface area contributed by atoms with Crippen LogP contribution in [-0.4, -0.2) is 39.5 Å². The highest BCUT2D eigenvalue weighted by atomic mass is 35.5. The number of amides is 1. The average molecular weight is 500 g/mol. The van der Waals surface area contributed by atoms with Crippen LogP contribution < -0.4 is 19.5 Å². The molecule has 10 nitrogen and oxygen atoms in total. The van der Waals surface area contributed by atoms with Gasteiger partial charge in [-0.1, -0.05) is 16.8 Å². The molecule has 0 spiro atoms. The minimum absolute atomic E-state index is 0.00577. The molecule has 0 radical (unpaired) electrons. The van der Waals surface area contributed by atoms with Gasteiger partial charge in [0.15, 0.2) is 17.3 Å². The van der Waals surface area contributed by atoms with E-state index in [1.165, 1.54) is 44.7 Å². The Morgan fingerprint density at radius 2 is 1.84 bits per heavy atom. The molecule has 3 aromatic rings. The summed E-state index contributed by atoms with van der Waals surface area (Å²) in [6.07, 6.45) is 0. The fraction of sp³-hybridized carbons (Fsp3) is 0.211. The molecule has 0 saturated carbocycles. The van der Waals surface area contributed by atoms with Gasteiger partial charge in [0.25, 0.3) is 21.8 Å². The third kappa shape index (κ3) is 4.56. The molecule has 0 fully saturated rings. The lowest BCUT2D eigenvalue weighted by atomic mass is 10.1. The number of rotatable bonds is 8. The number of anilines is 2. The zero-order chi connectivity index (χ0) is 23.6. The number of nitrogens with one attached hydrogen (secondary N) is 2. The van der Waals surface area contributed by atoms with Crippen LogP contribution in [0.15, 0.2) is 33.0 Å². The van der Waals surface area contributed by atoms with Crippen molar-refractivity contribution in [3.63, 3.8) is 0 Å². The molecular weight excluding hydrogens is 482 g/mol. The van der Waals surface area contributed by atoms with Crippen molar-refractivity contribution in [3.05, 3.63) is 44.7 Å². The fourth-order valence-corrected chi connectivity index (χ4v) is 5.22. The van der Waals surface area contributed by atoms with Gasteiger partial charge in [-0.2, -0.15) is 0 Å². The highest BCUT2D eigenvalue weighted by molar-refractivity contribution is 7.93. The lowest BCUT2D eigenvalue weighted by Crippen LogP contribution is -2.19. The van der Waals surface area contributed by atoms with Crippen LogP contribution in [0.25, 0.3) is 0 Å². The molecular formula is C19H18ClN3O7S2. The van der Waals surface area contributed by atoms with E-state index in [1.54, 1.807) is 6.92 Å². The second-order valence-corrected chi connectivity index (χ2v) is 9.34. The van der Waals surface area contributed by atoms with E-state index in [4.69, 9.17) is 25.6 Å². The molecule has 13 heteroatoms. The number of aromatic nitrogens is 1. The molecule has 1 aromatic carbocycles. The van der Waals surface area contributed by atoms with Crippen molar-refractivity contribution in [3.8, 4) is 11.5 Å². The van der Waals surface area contributed by atoms with Gasteiger partial charge in [0.2, 0.25) is 0 Å². The van der Waals surface area contributed by atoms with Crippen molar-refractivity contribution >= 4 is 56.2 Å². The van der Waals surface area contributed by atoms with Crippen LogP contribution in [0, 0.1) is 6.92 Å². The molecule has 0 aliphatic carbocycles. The Morgan fingerprint density at radius 1 is 1.19 bits per heavy atom. The van der Waals surface area contributed by atoms with Gasteiger partial charge < -0.3 is 19.3 Å². The number of methoxy groups -OCH3 is 2. The summed E-state index contributed by atoms with van der Waals surface area (Å²) in [6, 6.07) is 4.11. The number of carbonyl (C=O) groups excluding carboxylic acids is 2. The zero-order valence-corrected chi connectivity index (χ0v) is 19.7. The number of thiophene rings is 1. The van der Waals surface area contributed by atoms with E-state index in [-0.39, 0.29) is 43.5 Å². The maximum Gasteiger partial charge on any atom is 0.267 e. The first-order valence-corrected chi connectivity index (χ1v) is 11.6. The second kappa shape index (κ2) is 9.18. The Hall–Kier alpha value is -3.09. The van der Waals surface area contributed by atoms with E-state index >= 15 is 0 Å². The standard InChI is InChI=1S/C19H18ClN3O7S2/c1-9-16(20)19(30-22-9)23-32(26,27)15-5-6-31-17(15)18(25)21-12-8-14(29-4)13(28-3)7-11(12)10(2)24/h5-8,23H,1-4H3,(H,21,25). The summed E-state index contributed by atoms with van der Waals surface area (Å²) >= 11 is 6.88. The van der Waals surface area contributed by atoms with Crippen molar-refractivity contribution in [2.75, 3.05) is 24.3 Å². The molecule has 2 aromatic heterocycles. The summed E-state index contributed by atoms with van der Waals surface area (Å²) in [4.78, 5) is 24.6. The highest BCUT2D eigenvalue weighted by Gasteiger charge is 2.28. The van der Waals surface area contributed by atoms with Gasteiger partial charge >= 0.3 is 0 Å². The Labute approximate surface area is 192 Å². The number of hydrogen-bond acceptors (Lipinski definition) is 9. The number of Topliss-reactive ketones (excluding diaryl/α,β-unsaturated/α-hetero) is 1. The van der Waals surface area contributed by atoms with Gasteiger partial charge in [-0.3, -0.25) is 9.59 Å². The fourth-order valence-electron chi connectivity index (χ4n) is 2.73. The molecule has 0 aliphatic heterocycles. The number of hydrogen-bond donors (Lipinski definition) is 2. The van der Waals surface area contributed by atoms with E-state index in [9.17, 15) is 18.0 Å². The van der Waals surface area contributed by atoms with Crippen LogP contribution in [0.1, 0.15) is 32.6 Å². The minimum Gasteiger partial charge on any atom is -0.493 e. The quantitative estimate of drug-likeness (QED) is 0.444. The molecule has 0 bridgehead atoms. The largest absolute Gasteiger partial charge is 0.493 e. The van der Waals surface area contributed by atoms with E-state index in [0.29, 0.717) is 11.4 Å². The number of sulfonamides is 1. The number of ketones is 1. The van der Waals surface area contributed by atoms with Crippen molar-refractivity contribution in [2.24, 2.45) is 0 Å². The summed E-state index contributed by atoms with van der Waals surface area (Å²) in [7, 11) is -1.41. The van der Waals surface area contributed by atoms with Crippen molar-refractivity contribution in [1.82, 2.24) is 5.16 Å². The van der Waals surface area contributed by atoms with Gasteiger partial charge in [-0.05, 0) is 31.4 Å². The van der Waals surface area contributed by atoms with E-state index in [0.717, 1.165) is 11.3 Å². The van der Waals surface area contributed by atoms with Crippen molar-refractivity contribution in [1.29, 1.82) is 0 Å². The summed E-state index contributed by atoms with van der Waals surface area (Å²) in [5, 5.41) is 7.61. The maximum absolute atomic E-state index is 13.0. The number of ether oxygens (including phenoxy) is 2. The number of benzene rings is 1. The van der Waals surface area contributed by atoms with Crippen LogP contribution in [0.2, 0.25) is 5.02 Å². The summed E-state index contributed by atoms with van der Waals surface area (Å²) in [5.74, 6) is -0.755. The van der Waals surface area contributed by atoms with E-state index in [2.05, 4.69) is 15.2 Å². The summed E-state index contributed by atoms with van der Waals surface area (Å²) in [5.41, 5.74) is 0.607. The van der Waals surface area contributed by atoms with Crippen molar-refractivity contribution < 1.29 is 32.0 Å². The smallest absolute Gasteiger partial charge is 0.267 e. The zero-order valence-electron chi connectivity index (χ0n) is 17.3. The highest BCUT2D eigenvalue weighted by Crippen LogP contribution is 2.35. The van der Waals surface area contributed by atoms with E-state index < -0.39 is 15.9 Å². The molecule has 0 atom stereocenters. The molecule has 0 aliphatic rings. The molecule has 32 heavy (non-hydrogen) atoms. The molecule has 1 amide bonds. The lowest BCUT2D eigenvalue weighted by Gasteiger charge is -2.14. The monoisotopic (exact) mass is 499 g/mol. The predicted molar refractivity (Wildman–Crippen MR) is 119 cm³/mol. The first-order valence-electron chi connectivity index (χ1n) is 8.89. The third-order valence-electron chi connectivity index (χ3n) is 4.29. The number of aryl methyl sites for hydroxylation is 1. The Morgan fingerprint density at radius 3 is 2.41 bits per heavy atom. The average Bonchev–Trinajstić information content (AvgIpc) is 3.36. The molecule has 3 rings (SSSR count). The lowest BCUT2D eigenvalue weighted by molar-refractivity contribution is 0.101. The van der Waals surface area contributed by atoms with Crippen LogP contribution in [0.4, 0.5) is 11.6 Å². The first-order chi connectivity index (χ1) is 15.1. The van der Waals surface area contributed by atoms with Crippen LogP contribution in [-0.2, 0) is 10.0 Å². The van der Waals surface area contributed by atoms with Crippen LogP contribution >= 0.6 is 22.9 Å². The summed E-state index contributed by atoms with van der Waals surface area (Å²) < 4.78 is 43.2. The molecule has 0 unspecified atom stereocenters. The maximum atomic E-state index is 13.0. The van der Waals surface area contributed by atoms with E-state index in [1.807, 2.05) is 0 Å². The van der Waals surface area contributed by atoms with Crippen LogP contribution in [0.5, 0.6) is 11.5 Å². The van der Waals surface area contributed by atoms with Gasteiger partial charge in [-0.25, -0.2) is 13.1 Å². The molecule has 0 saturated heterocycles. The normalized spacial score (nSPS) is 11.2. The number of nitrogens with zero attached hydrogens (tertiary/aromatic N) is 1. The molecule has 2 heterocycles. The van der Waals surface area contributed by atoms with Gasteiger partial charge in [0.1, 0.15) is 20.5 Å². The third-order valence-corrected chi connectivity index (χ3v) is 7.15. The Kier molecular flexibility index (Phi) is 6.77. The topological polar surface area (TPSA) is 137 Å². The van der Waals surface area contributed by atoms with Crippen molar-refractivity contribution in [2.45, 2.75) is 18.7 Å².